The van der Waals surface area contributed by atoms with Crippen molar-refractivity contribution < 1.29 is 4.42 Å². The SMILES string of the molecule is CCCN(Cc1ccn(-c2ccccc2)n1)Cc1nnc(-c2ccccc2Cl)o1. The highest BCUT2D eigenvalue weighted by Gasteiger charge is 2.15. The van der Waals surface area contributed by atoms with E-state index in [0.717, 1.165) is 29.9 Å². The van der Waals surface area contributed by atoms with Crippen molar-refractivity contribution in [3.8, 4) is 17.1 Å². The third-order valence-electron chi connectivity index (χ3n) is 4.52. The molecule has 4 aromatic rings. The average Bonchev–Trinajstić information content (AvgIpc) is 3.39. The molecule has 2 aromatic carbocycles. The molecule has 7 heteroatoms. The zero-order valence-corrected chi connectivity index (χ0v) is 17.0. The topological polar surface area (TPSA) is 60.0 Å². The highest BCUT2D eigenvalue weighted by Crippen LogP contribution is 2.26. The molecule has 4 rings (SSSR count). The first kappa shape index (κ1) is 19.4. The average molecular weight is 408 g/mol. The molecule has 29 heavy (non-hydrogen) atoms. The molecule has 0 aliphatic heterocycles. The van der Waals surface area contributed by atoms with Gasteiger partial charge in [0.2, 0.25) is 11.8 Å². The van der Waals surface area contributed by atoms with Crippen molar-refractivity contribution in [1.29, 1.82) is 0 Å². The third-order valence-corrected chi connectivity index (χ3v) is 4.85. The van der Waals surface area contributed by atoms with Gasteiger partial charge in [0, 0.05) is 12.7 Å². The lowest BCUT2D eigenvalue weighted by Gasteiger charge is -2.18. The second-order valence-corrected chi connectivity index (χ2v) is 7.19. The summed E-state index contributed by atoms with van der Waals surface area (Å²) in [7, 11) is 0. The molecule has 0 saturated carbocycles. The highest BCUT2D eigenvalue weighted by atomic mass is 35.5. The minimum atomic E-state index is 0.440. The first-order valence-electron chi connectivity index (χ1n) is 9.62. The van der Waals surface area contributed by atoms with Crippen LogP contribution in [0.25, 0.3) is 17.1 Å². The molecule has 2 heterocycles. The standard InChI is InChI=1S/C22H22ClN5O/c1-2-13-27(15-17-12-14-28(26-17)18-8-4-3-5-9-18)16-21-24-25-22(29-21)19-10-6-7-11-20(19)23/h3-12,14H,2,13,15-16H2,1H3. The van der Waals surface area contributed by atoms with Gasteiger partial charge in [-0.1, -0.05) is 48.9 Å². The largest absolute Gasteiger partial charge is 0.419 e. The summed E-state index contributed by atoms with van der Waals surface area (Å²) >= 11 is 6.23. The van der Waals surface area contributed by atoms with Gasteiger partial charge in [-0.15, -0.1) is 10.2 Å². The van der Waals surface area contributed by atoms with Crippen LogP contribution in [-0.4, -0.2) is 31.4 Å². The fraction of sp³-hybridized carbons (Fsp3) is 0.227. The van der Waals surface area contributed by atoms with Gasteiger partial charge >= 0.3 is 0 Å². The molecule has 0 atom stereocenters. The van der Waals surface area contributed by atoms with Crippen LogP contribution in [0, 0.1) is 0 Å². The van der Waals surface area contributed by atoms with E-state index >= 15 is 0 Å². The molecule has 2 aromatic heterocycles. The Morgan fingerprint density at radius 2 is 1.76 bits per heavy atom. The van der Waals surface area contributed by atoms with Gasteiger partial charge in [0.15, 0.2) is 0 Å². The Morgan fingerprint density at radius 1 is 0.966 bits per heavy atom. The highest BCUT2D eigenvalue weighted by molar-refractivity contribution is 6.33. The third kappa shape index (κ3) is 4.72. The van der Waals surface area contributed by atoms with Crippen molar-refractivity contribution >= 4 is 11.6 Å². The molecular formula is C22H22ClN5O. The van der Waals surface area contributed by atoms with E-state index < -0.39 is 0 Å². The van der Waals surface area contributed by atoms with Gasteiger partial charge in [0.05, 0.1) is 28.5 Å². The van der Waals surface area contributed by atoms with Gasteiger partial charge in [-0.3, -0.25) is 4.90 Å². The second-order valence-electron chi connectivity index (χ2n) is 6.78. The number of rotatable bonds is 8. The number of para-hydroxylation sites is 1. The van der Waals surface area contributed by atoms with Crippen molar-refractivity contribution in [2.24, 2.45) is 0 Å². The van der Waals surface area contributed by atoms with Gasteiger partial charge in [-0.05, 0) is 43.3 Å². The fourth-order valence-corrected chi connectivity index (χ4v) is 3.40. The molecule has 0 bridgehead atoms. The number of halogens is 1. The maximum atomic E-state index is 6.23. The summed E-state index contributed by atoms with van der Waals surface area (Å²) < 4.78 is 7.76. The smallest absolute Gasteiger partial charge is 0.249 e. The lowest BCUT2D eigenvalue weighted by atomic mass is 10.2. The molecule has 0 unspecified atom stereocenters. The van der Waals surface area contributed by atoms with Crippen molar-refractivity contribution in [3.05, 3.63) is 83.5 Å². The van der Waals surface area contributed by atoms with E-state index in [-0.39, 0.29) is 0 Å². The van der Waals surface area contributed by atoms with Crippen LogP contribution < -0.4 is 0 Å². The Balaban J connectivity index is 1.46. The summed E-state index contributed by atoms with van der Waals surface area (Å²) in [6, 6.07) is 19.6. The molecule has 0 spiro atoms. The maximum Gasteiger partial charge on any atom is 0.249 e. The van der Waals surface area contributed by atoms with Crippen molar-refractivity contribution in [2.45, 2.75) is 26.4 Å². The van der Waals surface area contributed by atoms with Crippen LogP contribution in [0.1, 0.15) is 24.9 Å². The summed E-state index contributed by atoms with van der Waals surface area (Å²) in [5.74, 6) is 1.01. The summed E-state index contributed by atoms with van der Waals surface area (Å²) in [5, 5.41) is 13.7. The number of hydrogen-bond acceptors (Lipinski definition) is 5. The summed E-state index contributed by atoms with van der Waals surface area (Å²) in [4.78, 5) is 2.25. The molecule has 0 amide bonds. The second kappa shape index (κ2) is 9.03. The maximum absolute atomic E-state index is 6.23. The molecule has 0 fully saturated rings. The Kier molecular flexibility index (Phi) is 6.03. The number of hydrogen-bond donors (Lipinski definition) is 0. The molecule has 6 nitrogen and oxygen atoms in total. The van der Waals surface area contributed by atoms with E-state index in [1.165, 1.54) is 0 Å². The van der Waals surface area contributed by atoms with Crippen LogP contribution in [0.5, 0.6) is 0 Å². The van der Waals surface area contributed by atoms with Crippen LogP contribution in [0.15, 0.2) is 71.3 Å². The zero-order valence-electron chi connectivity index (χ0n) is 16.2. The van der Waals surface area contributed by atoms with Crippen LogP contribution >= 0.6 is 11.6 Å². The van der Waals surface area contributed by atoms with Crippen molar-refractivity contribution in [2.75, 3.05) is 6.54 Å². The van der Waals surface area contributed by atoms with E-state index in [0.29, 0.717) is 29.9 Å². The summed E-state index contributed by atoms with van der Waals surface area (Å²) in [5.41, 5.74) is 2.78. The van der Waals surface area contributed by atoms with E-state index in [9.17, 15) is 0 Å². The number of nitrogens with zero attached hydrogens (tertiary/aromatic N) is 5. The predicted molar refractivity (Wildman–Crippen MR) is 113 cm³/mol. The summed E-state index contributed by atoms with van der Waals surface area (Å²) in [6.45, 7) is 4.32. The molecule has 0 aliphatic carbocycles. The van der Waals surface area contributed by atoms with Gasteiger partial charge < -0.3 is 4.42 Å². The Bertz CT molecular complexity index is 1060. The lowest BCUT2D eigenvalue weighted by Crippen LogP contribution is -2.24. The summed E-state index contributed by atoms with van der Waals surface area (Å²) in [6.07, 6.45) is 3.00. The van der Waals surface area contributed by atoms with Crippen molar-refractivity contribution in [3.63, 3.8) is 0 Å². The van der Waals surface area contributed by atoms with Gasteiger partial charge in [0.25, 0.3) is 0 Å². The molecule has 0 aliphatic rings. The quantitative estimate of drug-likeness (QED) is 0.412. The molecular weight excluding hydrogens is 386 g/mol. The normalized spacial score (nSPS) is 11.3. The Labute approximate surface area is 174 Å². The van der Waals surface area contributed by atoms with Gasteiger partial charge in [-0.2, -0.15) is 5.10 Å². The van der Waals surface area contributed by atoms with Crippen molar-refractivity contribution in [1.82, 2.24) is 24.9 Å². The Hall–Kier alpha value is -2.96. The fourth-order valence-electron chi connectivity index (χ4n) is 3.18. The van der Waals surface area contributed by atoms with Gasteiger partial charge in [-0.25, -0.2) is 4.68 Å². The zero-order chi connectivity index (χ0) is 20.1. The van der Waals surface area contributed by atoms with Gasteiger partial charge in [0.1, 0.15) is 0 Å². The van der Waals surface area contributed by atoms with Crippen LogP contribution in [0.3, 0.4) is 0 Å². The minimum absolute atomic E-state index is 0.440. The Morgan fingerprint density at radius 3 is 2.55 bits per heavy atom. The van der Waals surface area contributed by atoms with Crippen LogP contribution in [0.2, 0.25) is 5.02 Å². The minimum Gasteiger partial charge on any atom is -0.419 e. The van der Waals surface area contributed by atoms with E-state index in [1.54, 1.807) is 0 Å². The predicted octanol–water partition coefficient (Wildman–Crippen LogP) is 4.99. The molecule has 0 radical (unpaired) electrons. The van der Waals surface area contributed by atoms with E-state index in [2.05, 4.69) is 22.0 Å². The lowest BCUT2D eigenvalue weighted by molar-refractivity contribution is 0.229. The molecule has 0 N–H and O–H groups in total. The number of aromatic nitrogens is 4. The van der Waals surface area contributed by atoms with E-state index in [4.69, 9.17) is 21.1 Å². The van der Waals surface area contributed by atoms with E-state index in [1.807, 2.05) is 71.5 Å². The van der Waals surface area contributed by atoms with Crippen LogP contribution in [0.4, 0.5) is 0 Å². The molecule has 148 valence electrons. The van der Waals surface area contributed by atoms with Crippen LogP contribution in [-0.2, 0) is 13.1 Å². The molecule has 0 saturated heterocycles. The number of benzene rings is 2. The first-order valence-corrected chi connectivity index (χ1v) is 10.0. The monoisotopic (exact) mass is 407 g/mol. The first-order chi connectivity index (χ1) is 14.2.